The predicted octanol–water partition coefficient (Wildman–Crippen LogP) is 3.48. The highest BCUT2D eigenvalue weighted by molar-refractivity contribution is 5.85. The molecule has 0 aliphatic heterocycles. The number of aryl methyl sites for hydroxylation is 1. The molecule has 0 amide bonds. The predicted molar refractivity (Wildman–Crippen MR) is 87.6 cm³/mol. The minimum atomic E-state index is -1.33. The minimum absolute atomic E-state index is 0.501. The molecule has 0 radical (unpaired) electrons. The summed E-state index contributed by atoms with van der Waals surface area (Å²) in [7, 11) is 1.90. The Morgan fingerprint density at radius 2 is 1.78 bits per heavy atom. The normalized spacial score (nSPS) is 13.4. The molecule has 0 saturated heterocycles. The summed E-state index contributed by atoms with van der Waals surface area (Å²) in [5.74, 6) is -0.609. The van der Waals surface area contributed by atoms with Gasteiger partial charge in [-0.1, -0.05) is 48.5 Å². The van der Waals surface area contributed by atoms with E-state index in [4.69, 9.17) is 0 Å². The maximum Gasteiger partial charge on any atom is 0.307 e. The van der Waals surface area contributed by atoms with Crippen molar-refractivity contribution in [2.75, 3.05) is 0 Å². The number of nitro groups is 1. The van der Waals surface area contributed by atoms with Crippen molar-refractivity contribution >= 4 is 10.9 Å². The third kappa shape index (κ3) is 2.55. The second-order valence-corrected chi connectivity index (χ2v) is 5.46. The van der Waals surface area contributed by atoms with Crippen LogP contribution in [0.3, 0.4) is 0 Å². The number of rotatable bonds is 4. The third-order valence-electron chi connectivity index (χ3n) is 4.10. The summed E-state index contributed by atoms with van der Waals surface area (Å²) in [5, 5.41) is 21.7. The van der Waals surface area contributed by atoms with Crippen LogP contribution in [0, 0.1) is 21.4 Å². The van der Waals surface area contributed by atoms with Crippen molar-refractivity contribution in [3.05, 3.63) is 82.0 Å². The van der Waals surface area contributed by atoms with E-state index in [1.165, 1.54) is 0 Å². The van der Waals surface area contributed by atoms with Crippen molar-refractivity contribution < 1.29 is 4.92 Å². The van der Waals surface area contributed by atoms with Gasteiger partial charge in [0.2, 0.25) is 0 Å². The van der Waals surface area contributed by atoms with Gasteiger partial charge in [-0.25, -0.2) is 0 Å². The summed E-state index contributed by atoms with van der Waals surface area (Å²) in [5.41, 5.74) is 2.56. The van der Waals surface area contributed by atoms with E-state index in [9.17, 15) is 15.4 Å². The molecule has 3 rings (SSSR count). The van der Waals surface area contributed by atoms with Crippen molar-refractivity contribution in [2.24, 2.45) is 7.05 Å². The van der Waals surface area contributed by atoms with Crippen LogP contribution in [0.5, 0.6) is 0 Å². The lowest BCUT2D eigenvalue weighted by molar-refractivity contribution is -0.509. The average Bonchev–Trinajstić information content (AvgIpc) is 2.90. The van der Waals surface area contributed by atoms with Gasteiger partial charge < -0.3 is 4.57 Å². The van der Waals surface area contributed by atoms with Crippen LogP contribution in [0.15, 0.2) is 60.8 Å². The molecule has 5 nitrogen and oxygen atoms in total. The van der Waals surface area contributed by atoms with E-state index in [0.717, 1.165) is 22.0 Å². The lowest BCUT2D eigenvalue weighted by Gasteiger charge is -2.16. The second kappa shape index (κ2) is 5.93. The van der Waals surface area contributed by atoms with Gasteiger partial charge in [0.25, 0.3) is 0 Å². The van der Waals surface area contributed by atoms with Crippen molar-refractivity contribution in [1.29, 1.82) is 5.26 Å². The van der Waals surface area contributed by atoms with Gasteiger partial charge in [0, 0.05) is 29.1 Å². The number of hydrogen-bond donors (Lipinski definition) is 0. The van der Waals surface area contributed by atoms with Crippen LogP contribution >= 0.6 is 0 Å². The largest absolute Gasteiger partial charge is 0.350 e. The fourth-order valence-electron chi connectivity index (χ4n) is 3.06. The van der Waals surface area contributed by atoms with Crippen LogP contribution in [0.2, 0.25) is 0 Å². The van der Waals surface area contributed by atoms with Gasteiger partial charge in [-0.3, -0.25) is 10.1 Å². The number of benzene rings is 2. The molecule has 114 valence electrons. The summed E-state index contributed by atoms with van der Waals surface area (Å²) >= 11 is 0. The summed E-state index contributed by atoms with van der Waals surface area (Å²) in [6.07, 6.45) is 1.89. The molecule has 0 aliphatic carbocycles. The SMILES string of the molecule is Cn1cc([C@H](c2ccccc2)[C@H](C#N)[N+](=O)[O-])c2ccccc21. The van der Waals surface area contributed by atoms with Crippen LogP contribution in [0.1, 0.15) is 17.0 Å². The van der Waals surface area contributed by atoms with Crippen molar-refractivity contribution in [3.63, 3.8) is 0 Å². The van der Waals surface area contributed by atoms with Gasteiger partial charge in [0.05, 0.1) is 5.92 Å². The highest BCUT2D eigenvalue weighted by atomic mass is 16.6. The Hall–Kier alpha value is -3.13. The summed E-state index contributed by atoms with van der Waals surface area (Å²) < 4.78 is 1.94. The second-order valence-electron chi connectivity index (χ2n) is 5.46. The van der Waals surface area contributed by atoms with Gasteiger partial charge in [-0.15, -0.1) is 0 Å². The van der Waals surface area contributed by atoms with Crippen LogP contribution in [-0.4, -0.2) is 15.5 Å². The smallest absolute Gasteiger partial charge is 0.307 e. The molecular formula is C18H15N3O2. The molecule has 0 N–H and O–H groups in total. The molecule has 0 fully saturated rings. The minimum Gasteiger partial charge on any atom is -0.350 e. The molecule has 2 atom stereocenters. The third-order valence-corrected chi connectivity index (χ3v) is 4.10. The van der Waals surface area contributed by atoms with Gasteiger partial charge in [0.15, 0.2) is 0 Å². The van der Waals surface area contributed by atoms with Crippen molar-refractivity contribution in [3.8, 4) is 6.07 Å². The maximum atomic E-state index is 11.4. The molecule has 0 spiro atoms. The molecule has 0 aliphatic rings. The monoisotopic (exact) mass is 305 g/mol. The molecular weight excluding hydrogens is 290 g/mol. The van der Waals surface area contributed by atoms with Gasteiger partial charge in [0.1, 0.15) is 6.07 Å². The topological polar surface area (TPSA) is 71.9 Å². The first-order valence-corrected chi connectivity index (χ1v) is 7.25. The lowest BCUT2D eigenvalue weighted by Crippen LogP contribution is -2.26. The first-order valence-electron chi connectivity index (χ1n) is 7.25. The Morgan fingerprint density at radius 1 is 1.13 bits per heavy atom. The van der Waals surface area contributed by atoms with E-state index >= 15 is 0 Å². The number of hydrogen-bond acceptors (Lipinski definition) is 3. The van der Waals surface area contributed by atoms with E-state index in [0.29, 0.717) is 0 Å². The fourth-order valence-corrected chi connectivity index (χ4v) is 3.06. The summed E-state index contributed by atoms with van der Waals surface area (Å²) in [6.45, 7) is 0. The van der Waals surface area contributed by atoms with Crippen LogP contribution < -0.4 is 0 Å². The number of fused-ring (bicyclic) bond motifs is 1. The zero-order valence-corrected chi connectivity index (χ0v) is 12.6. The molecule has 0 saturated carbocycles. The molecule has 0 bridgehead atoms. The highest BCUT2D eigenvalue weighted by Gasteiger charge is 2.36. The first kappa shape index (κ1) is 14.8. The zero-order valence-electron chi connectivity index (χ0n) is 12.6. The fraction of sp³-hybridized carbons (Fsp3) is 0.167. The van der Waals surface area contributed by atoms with E-state index in [2.05, 4.69) is 0 Å². The van der Waals surface area contributed by atoms with Gasteiger partial charge in [-0.2, -0.15) is 5.26 Å². The zero-order chi connectivity index (χ0) is 16.4. The average molecular weight is 305 g/mol. The molecule has 5 heteroatoms. The number of aromatic nitrogens is 1. The van der Waals surface area contributed by atoms with Crippen LogP contribution in [-0.2, 0) is 7.05 Å². The van der Waals surface area contributed by atoms with Crippen LogP contribution in [0.4, 0.5) is 0 Å². The molecule has 23 heavy (non-hydrogen) atoms. The van der Waals surface area contributed by atoms with E-state index in [-0.39, 0.29) is 0 Å². The maximum absolute atomic E-state index is 11.4. The summed E-state index contributed by atoms with van der Waals surface area (Å²) in [4.78, 5) is 10.9. The summed E-state index contributed by atoms with van der Waals surface area (Å²) in [6, 6.07) is 17.5. The number of nitriles is 1. The lowest BCUT2D eigenvalue weighted by atomic mass is 9.85. The molecule has 2 aromatic carbocycles. The molecule has 3 aromatic rings. The highest BCUT2D eigenvalue weighted by Crippen LogP contribution is 2.35. The van der Waals surface area contributed by atoms with Crippen molar-refractivity contribution in [2.45, 2.75) is 12.0 Å². The van der Waals surface area contributed by atoms with Gasteiger partial charge >= 0.3 is 6.04 Å². The Labute approximate surface area is 133 Å². The molecule has 1 aromatic heterocycles. The Morgan fingerprint density at radius 3 is 2.43 bits per heavy atom. The van der Waals surface area contributed by atoms with E-state index in [1.54, 1.807) is 0 Å². The van der Waals surface area contributed by atoms with E-state index < -0.39 is 16.9 Å². The van der Waals surface area contributed by atoms with Crippen LogP contribution in [0.25, 0.3) is 10.9 Å². The number of nitrogens with zero attached hydrogens (tertiary/aromatic N) is 3. The Balaban J connectivity index is 2.27. The van der Waals surface area contributed by atoms with E-state index in [1.807, 2.05) is 78.5 Å². The van der Waals surface area contributed by atoms with Gasteiger partial charge in [-0.05, 0) is 17.2 Å². The van der Waals surface area contributed by atoms with Crippen molar-refractivity contribution in [1.82, 2.24) is 4.57 Å². The molecule has 0 unspecified atom stereocenters. The standard InChI is InChI=1S/C18H15N3O2/c1-20-12-15(14-9-5-6-10-16(14)20)18(17(11-19)21(22)23)13-7-3-2-4-8-13/h2-10,12,17-18H,1H3/t17-,18-/m0/s1. The first-order chi connectivity index (χ1) is 11.1. The quantitative estimate of drug-likeness (QED) is 0.547. The molecule has 1 heterocycles. The number of para-hydroxylation sites is 1. The Kier molecular flexibility index (Phi) is 3.82. The Bertz CT molecular complexity index is 894.